The van der Waals surface area contributed by atoms with Gasteiger partial charge < -0.3 is 16.4 Å². The fraction of sp³-hybridized carbons (Fsp3) is 0.778. The van der Waals surface area contributed by atoms with Gasteiger partial charge in [-0.25, -0.2) is 0 Å². The van der Waals surface area contributed by atoms with Crippen LogP contribution in [0.5, 0.6) is 0 Å². The van der Waals surface area contributed by atoms with Crippen LogP contribution in [-0.2, 0) is 9.59 Å². The van der Waals surface area contributed by atoms with Gasteiger partial charge in [-0.05, 0) is 13.0 Å². The van der Waals surface area contributed by atoms with Crippen LogP contribution in [0, 0.1) is 0 Å². The van der Waals surface area contributed by atoms with Gasteiger partial charge in [0.05, 0.1) is 0 Å². The van der Waals surface area contributed by atoms with E-state index in [1.807, 2.05) is 11.8 Å². The molecule has 0 fully saturated rings. The minimum atomic E-state index is -0.315. The van der Waals surface area contributed by atoms with E-state index < -0.39 is 0 Å². The number of primary amides is 2. The lowest BCUT2D eigenvalue weighted by Crippen LogP contribution is -2.32. The average Bonchev–Trinajstić information content (AvgIpc) is 2.09. The summed E-state index contributed by atoms with van der Waals surface area (Å²) in [6.45, 7) is 4.12. The molecule has 0 spiro atoms. The van der Waals surface area contributed by atoms with Crippen LogP contribution in [0.15, 0.2) is 0 Å². The van der Waals surface area contributed by atoms with Gasteiger partial charge in [-0.1, -0.05) is 6.92 Å². The van der Waals surface area contributed by atoms with Crippen molar-refractivity contribution in [3.63, 3.8) is 0 Å². The van der Waals surface area contributed by atoms with Gasteiger partial charge in [0.2, 0.25) is 11.8 Å². The van der Waals surface area contributed by atoms with Crippen LogP contribution in [0.1, 0.15) is 26.2 Å². The predicted octanol–water partition coefficient (Wildman–Crippen LogP) is -0.551. The van der Waals surface area contributed by atoms with Gasteiger partial charge in [-0.2, -0.15) is 0 Å². The molecule has 0 radical (unpaired) electrons. The van der Waals surface area contributed by atoms with Crippen LogP contribution < -0.4 is 11.5 Å². The Labute approximate surface area is 84.4 Å². The molecule has 0 saturated heterocycles. The first-order chi connectivity index (χ1) is 6.56. The molecule has 0 aromatic heterocycles. The molecule has 0 unspecified atom stereocenters. The van der Waals surface area contributed by atoms with E-state index in [0.29, 0.717) is 25.9 Å². The highest BCUT2D eigenvalue weighted by atomic mass is 16.1. The van der Waals surface area contributed by atoms with E-state index in [1.165, 1.54) is 0 Å². The Morgan fingerprint density at radius 1 is 1.00 bits per heavy atom. The quantitative estimate of drug-likeness (QED) is 0.552. The highest BCUT2D eigenvalue weighted by Crippen LogP contribution is 1.95. The minimum Gasteiger partial charge on any atom is -0.370 e. The summed E-state index contributed by atoms with van der Waals surface area (Å²) in [5.41, 5.74) is 10.1. The number of rotatable bonds is 8. The molecular formula is C9H19N3O2. The van der Waals surface area contributed by atoms with Gasteiger partial charge in [0, 0.05) is 25.9 Å². The Morgan fingerprint density at radius 3 is 1.71 bits per heavy atom. The largest absolute Gasteiger partial charge is 0.370 e. The van der Waals surface area contributed by atoms with Crippen LogP contribution in [0.25, 0.3) is 0 Å². The third-order valence-electron chi connectivity index (χ3n) is 1.89. The summed E-state index contributed by atoms with van der Waals surface area (Å²) in [6, 6.07) is 0. The van der Waals surface area contributed by atoms with E-state index in [-0.39, 0.29) is 11.8 Å². The van der Waals surface area contributed by atoms with Crippen molar-refractivity contribution in [2.75, 3.05) is 19.6 Å². The average molecular weight is 201 g/mol. The molecule has 0 aromatic carbocycles. The zero-order chi connectivity index (χ0) is 11.0. The third kappa shape index (κ3) is 7.54. The molecule has 0 aromatic rings. The summed E-state index contributed by atoms with van der Waals surface area (Å²) < 4.78 is 0. The molecule has 82 valence electrons. The van der Waals surface area contributed by atoms with E-state index in [2.05, 4.69) is 0 Å². The predicted molar refractivity (Wildman–Crippen MR) is 54.4 cm³/mol. The van der Waals surface area contributed by atoms with Gasteiger partial charge in [-0.3, -0.25) is 9.59 Å². The molecule has 0 saturated carbocycles. The summed E-state index contributed by atoms with van der Waals surface area (Å²) in [6.07, 6.45) is 1.65. The van der Waals surface area contributed by atoms with Crippen LogP contribution in [0.2, 0.25) is 0 Å². The molecule has 4 N–H and O–H groups in total. The van der Waals surface area contributed by atoms with Crippen molar-refractivity contribution < 1.29 is 9.59 Å². The van der Waals surface area contributed by atoms with E-state index in [1.54, 1.807) is 0 Å². The fourth-order valence-corrected chi connectivity index (χ4v) is 1.19. The van der Waals surface area contributed by atoms with E-state index in [0.717, 1.165) is 13.0 Å². The van der Waals surface area contributed by atoms with Crippen molar-refractivity contribution in [3.8, 4) is 0 Å². The second-order valence-electron chi connectivity index (χ2n) is 3.27. The van der Waals surface area contributed by atoms with Crippen molar-refractivity contribution >= 4 is 11.8 Å². The Bertz CT molecular complexity index is 176. The van der Waals surface area contributed by atoms with Crippen LogP contribution in [0.4, 0.5) is 0 Å². The molecule has 0 heterocycles. The maximum absolute atomic E-state index is 10.6. The fourth-order valence-electron chi connectivity index (χ4n) is 1.19. The molecule has 0 aliphatic heterocycles. The molecular weight excluding hydrogens is 182 g/mol. The van der Waals surface area contributed by atoms with E-state index in [9.17, 15) is 9.59 Å². The van der Waals surface area contributed by atoms with Crippen LogP contribution >= 0.6 is 0 Å². The topological polar surface area (TPSA) is 89.4 Å². The number of carbonyl (C=O) groups is 2. The molecule has 0 atom stereocenters. The SMILES string of the molecule is CCCN(CCC(N)=O)CCC(N)=O. The second-order valence-corrected chi connectivity index (χ2v) is 3.27. The maximum atomic E-state index is 10.6. The zero-order valence-corrected chi connectivity index (χ0v) is 8.66. The molecule has 0 bridgehead atoms. The highest BCUT2D eigenvalue weighted by molar-refractivity contribution is 5.74. The van der Waals surface area contributed by atoms with Crippen molar-refractivity contribution in [2.24, 2.45) is 11.5 Å². The van der Waals surface area contributed by atoms with Crippen molar-refractivity contribution in [2.45, 2.75) is 26.2 Å². The minimum absolute atomic E-state index is 0.315. The lowest BCUT2D eigenvalue weighted by atomic mass is 10.3. The molecule has 5 heteroatoms. The molecule has 0 rings (SSSR count). The third-order valence-corrected chi connectivity index (χ3v) is 1.89. The molecule has 2 amide bonds. The van der Waals surface area contributed by atoms with Crippen molar-refractivity contribution in [1.29, 1.82) is 0 Å². The van der Waals surface area contributed by atoms with Gasteiger partial charge in [-0.15, -0.1) is 0 Å². The summed E-state index contributed by atoms with van der Waals surface area (Å²) in [5.74, 6) is -0.629. The second kappa shape index (κ2) is 7.32. The van der Waals surface area contributed by atoms with Gasteiger partial charge >= 0.3 is 0 Å². The smallest absolute Gasteiger partial charge is 0.218 e. The lowest BCUT2D eigenvalue weighted by Gasteiger charge is -2.19. The first kappa shape index (κ1) is 12.9. The lowest BCUT2D eigenvalue weighted by molar-refractivity contribution is -0.118. The summed E-state index contributed by atoms with van der Waals surface area (Å²) >= 11 is 0. The van der Waals surface area contributed by atoms with Gasteiger partial charge in [0.25, 0.3) is 0 Å². The maximum Gasteiger partial charge on any atom is 0.218 e. The van der Waals surface area contributed by atoms with Gasteiger partial charge in [0.1, 0.15) is 0 Å². The van der Waals surface area contributed by atoms with Crippen molar-refractivity contribution in [1.82, 2.24) is 4.90 Å². The van der Waals surface area contributed by atoms with Crippen LogP contribution in [0.3, 0.4) is 0 Å². The highest BCUT2D eigenvalue weighted by Gasteiger charge is 2.06. The summed E-state index contributed by atoms with van der Waals surface area (Å²) in [5, 5.41) is 0. The molecule has 0 aliphatic carbocycles. The monoisotopic (exact) mass is 201 g/mol. The van der Waals surface area contributed by atoms with Crippen LogP contribution in [-0.4, -0.2) is 36.3 Å². The first-order valence-electron chi connectivity index (χ1n) is 4.85. The summed E-state index contributed by atoms with van der Waals surface area (Å²) in [4.78, 5) is 23.1. The number of hydrogen-bond acceptors (Lipinski definition) is 3. The number of nitrogens with two attached hydrogens (primary N) is 2. The van der Waals surface area contributed by atoms with E-state index >= 15 is 0 Å². The molecule has 14 heavy (non-hydrogen) atoms. The standard InChI is InChI=1S/C9H19N3O2/c1-2-5-12(6-3-8(10)13)7-4-9(11)14/h2-7H2,1H3,(H2,10,13)(H2,11,14). The molecule has 5 nitrogen and oxygen atoms in total. The van der Waals surface area contributed by atoms with E-state index in [4.69, 9.17) is 11.5 Å². The summed E-state index contributed by atoms with van der Waals surface area (Å²) in [7, 11) is 0. The first-order valence-corrected chi connectivity index (χ1v) is 4.85. The Morgan fingerprint density at radius 2 is 1.43 bits per heavy atom. The normalized spacial score (nSPS) is 10.4. The Hall–Kier alpha value is -1.10. The Kier molecular flexibility index (Phi) is 6.74. The number of carbonyl (C=O) groups excluding carboxylic acids is 2. The number of nitrogens with zero attached hydrogens (tertiary/aromatic N) is 1. The van der Waals surface area contributed by atoms with Gasteiger partial charge in [0.15, 0.2) is 0 Å². The zero-order valence-electron chi connectivity index (χ0n) is 8.66. The number of amides is 2. The number of hydrogen-bond donors (Lipinski definition) is 2. The van der Waals surface area contributed by atoms with Crippen molar-refractivity contribution in [3.05, 3.63) is 0 Å². The molecule has 0 aliphatic rings. The Balaban J connectivity index is 3.76.